The first-order chi connectivity index (χ1) is 11.4. The Balaban J connectivity index is 2.21. The van der Waals surface area contributed by atoms with E-state index in [0.717, 1.165) is 4.90 Å². The predicted molar refractivity (Wildman–Crippen MR) is 93.8 cm³/mol. The first-order valence-corrected chi connectivity index (χ1v) is 8.61. The van der Waals surface area contributed by atoms with E-state index in [0.29, 0.717) is 12.8 Å². The van der Waals surface area contributed by atoms with Gasteiger partial charge in [0.05, 0.1) is 0 Å². The molecule has 0 aliphatic carbocycles. The van der Waals surface area contributed by atoms with Crippen molar-refractivity contribution in [3.63, 3.8) is 0 Å². The highest BCUT2D eigenvalue weighted by Gasteiger charge is 2.63. The van der Waals surface area contributed by atoms with Crippen LogP contribution in [-0.4, -0.2) is 55.5 Å². The molecule has 1 spiro atoms. The number of nitrogens with zero attached hydrogens (tertiary/aromatic N) is 5. The van der Waals surface area contributed by atoms with E-state index in [9.17, 15) is 9.59 Å². The van der Waals surface area contributed by atoms with Gasteiger partial charge in [0.25, 0.3) is 5.91 Å². The van der Waals surface area contributed by atoms with Crippen LogP contribution < -0.4 is 10.2 Å². The second-order valence-electron chi connectivity index (χ2n) is 7.93. The molecule has 8 nitrogen and oxygen atoms in total. The quantitative estimate of drug-likeness (QED) is 0.744. The lowest BCUT2D eigenvalue weighted by atomic mass is 9.70. The van der Waals surface area contributed by atoms with Gasteiger partial charge in [-0.2, -0.15) is 15.0 Å². The number of hydrogen-bond acceptors (Lipinski definition) is 6. The van der Waals surface area contributed by atoms with Crippen molar-refractivity contribution in [2.45, 2.75) is 57.2 Å². The molecule has 3 heterocycles. The number of anilines is 1. The van der Waals surface area contributed by atoms with Crippen LogP contribution in [0.25, 0.3) is 0 Å². The average molecular weight is 387 g/mol. The smallest absolute Gasteiger partial charge is 0.307 e. The molecule has 0 radical (unpaired) electrons. The molecular weight excluding hydrogens is 367 g/mol. The molecule has 136 valence electrons. The third-order valence-corrected chi connectivity index (χ3v) is 4.86. The molecule has 25 heavy (non-hydrogen) atoms. The summed E-state index contributed by atoms with van der Waals surface area (Å²) < 4.78 is 0. The number of rotatable bonds is 1. The lowest BCUT2D eigenvalue weighted by Gasteiger charge is -2.52. The summed E-state index contributed by atoms with van der Waals surface area (Å²) in [5, 5.41) is 3.25. The Hall–Kier alpha value is -1.51. The summed E-state index contributed by atoms with van der Waals surface area (Å²) in [5.74, 6) is -0.297. The minimum atomic E-state index is -1.11. The van der Waals surface area contributed by atoms with Crippen LogP contribution in [0.3, 0.4) is 0 Å². The molecule has 2 aliphatic rings. The first-order valence-electron chi connectivity index (χ1n) is 7.86. The minimum Gasteiger partial charge on any atom is -0.307 e. The molecule has 1 aromatic heterocycles. The van der Waals surface area contributed by atoms with Crippen molar-refractivity contribution in [2.75, 3.05) is 11.9 Å². The fraction of sp³-hybridized carbons (Fsp3) is 0.667. The lowest BCUT2D eigenvalue weighted by molar-refractivity contribution is -0.133. The molecule has 0 atom stereocenters. The van der Waals surface area contributed by atoms with Gasteiger partial charge in [-0.15, -0.1) is 0 Å². The van der Waals surface area contributed by atoms with Gasteiger partial charge in [0, 0.05) is 18.1 Å². The molecule has 3 rings (SSSR count). The maximum absolute atomic E-state index is 13.1. The first kappa shape index (κ1) is 18.3. The summed E-state index contributed by atoms with van der Waals surface area (Å²) in [4.78, 5) is 40.2. The second-order valence-corrected chi connectivity index (χ2v) is 8.61. The number of likely N-dealkylation sites (N-methyl/N-ethyl adjacent to an activating group) is 1. The summed E-state index contributed by atoms with van der Waals surface area (Å²) in [7, 11) is 1.46. The SMILES string of the molecule is CN1C(=O)N(c2nc(Cl)nc(Cl)n2)C2(CC(C)(C)NC(C)(C)C2)C1=O. The fourth-order valence-electron chi connectivity index (χ4n) is 4.36. The van der Waals surface area contributed by atoms with Crippen LogP contribution in [0.4, 0.5) is 10.7 Å². The number of halogens is 2. The summed E-state index contributed by atoms with van der Waals surface area (Å²) in [6.07, 6.45) is 0.804. The maximum atomic E-state index is 13.1. The lowest BCUT2D eigenvalue weighted by Crippen LogP contribution is -2.69. The topological polar surface area (TPSA) is 91.3 Å². The van der Waals surface area contributed by atoms with E-state index in [4.69, 9.17) is 23.2 Å². The molecule has 1 N–H and O–H groups in total. The second kappa shape index (κ2) is 5.49. The number of carbonyl (C=O) groups excluding carboxylic acids is 2. The molecule has 0 saturated carbocycles. The van der Waals surface area contributed by atoms with Gasteiger partial charge >= 0.3 is 6.03 Å². The molecule has 10 heteroatoms. The Morgan fingerprint density at radius 3 is 1.92 bits per heavy atom. The van der Waals surface area contributed by atoms with Crippen LogP contribution in [0.1, 0.15) is 40.5 Å². The third kappa shape index (κ3) is 2.96. The molecule has 0 aromatic carbocycles. The van der Waals surface area contributed by atoms with Gasteiger partial charge in [-0.25, -0.2) is 9.69 Å². The van der Waals surface area contributed by atoms with E-state index in [1.165, 1.54) is 11.9 Å². The van der Waals surface area contributed by atoms with Gasteiger partial charge in [0.2, 0.25) is 16.5 Å². The van der Waals surface area contributed by atoms with E-state index in [1.807, 2.05) is 27.7 Å². The zero-order valence-corrected chi connectivity index (χ0v) is 16.2. The van der Waals surface area contributed by atoms with E-state index < -0.39 is 11.6 Å². The minimum absolute atomic E-state index is 0.0128. The molecule has 0 unspecified atom stereocenters. The number of piperidine rings is 1. The number of aromatic nitrogens is 3. The standard InChI is InChI=1S/C15H20Cl2N6O2/c1-13(2)6-15(7-14(3,4)21-13)8(24)22(5)12(25)23(15)11-19-9(16)18-10(17)20-11/h21H,6-7H2,1-5H3. The molecule has 2 aliphatic heterocycles. The average Bonchev–Trinajstić information content (AvgIpc) is 2.56. The zero-order chi connectivity index (χ0) is 18.8. The maximum Gasteiger partial charge on any atom is 0.334 e. The number of nitrogens with one attached hydrogen (secondary N) is 1. The van der Waals surface area contributed by atoms with E-state index in [-0.39, 0.29) is 33.5 Å². The number of imide groups is 1. The van der Waals surface area contributed by atoms with Gasteiger partial charge < -0.3 is 5.32 Å². The summed E-state index contributed by atoms with van der Waals surface area (Å²) >= 11 is 11.8. The van der Waals surface area contributed by atoms with Gasteiger partial charge in [0.1, 0.15) is 5.54 Å². The molecule has 2 saturated heterocycles. The van der Waals surface area contributed by atoms with Gasteiger partial charge in [0.15, 0.2) is 0 Å². The van der Waals surface area contributed by atoms with Crippen LogP contribution in [0.15, 0.2) is 0 Å². The molecule has 0 bridgehead atoms. The van der Waals surface area contributed by atoms with Crippen LogP contribution in [0, 0.1) is 0 Å². The van der Waals surface area contributed by atoms with E-state index in [2.05, 4.69) is 20.3 Å². The highest BCUT2D eigenvalue weighted by atomic mass is 35.5. The van der Waals surface area contributed by atoms with Gasteiger partial charge in [-0.3, -0.25) is 9.69 Å². The zero-order valence-electron chi connectivity index (χ0n) is 14.7. The van der Waals surface area contributed by atoms with Crippen LogP contribution in [0.5, 0.6) is 0 Å². The molecule has 3 amide bonds. The van der Waals surface area contributed by atoms with Crippen LogP contribution in [0.2, 0.25) is 10.6 Å². The third-order valence-electron chi connectivity index (χ3n) is 4.52. The summed E-state index contributed by atoms with van der Waals surface area (Å²) in [5.41, 5.74) is -1.89. The number of hydrogen-bond donors (Lipinski definition) is 1. The molecular formula is C15H20Cl2N6O2. The number of urea groups is 1. The van der Waals surface area contributed by atoms with E-state index in [1.54, 1.807) is 0 Å². The highest BCUT2D eigenvalue weighted by Crippen LogP contribution is 2.45. The van der Waals surface area contributed by atoms with Crippen molar-refractivity contribution in [2.24, 2.45) is 0 Å². The predicted octanol–water partition coefficient (Wildman–Crippen LogP) is 2.26. The van der Waals surface area contributed by atoms with Crippen molar-refractivity contribution in [3.05, 3.63) is 10.6 Å². The Kier molecular flexibility index (Phi) is 4.02. The Bertz CT molecular complexity index is 730. The Morgan fingerprint density at radius 2 is 1.44 bits per heavy atom. The van der Waals surface area contributed by atoms with Crippen LogP contribution in [-0.2, 0) is 4.79 Å². The highest BCUT2D eigenvalue weighted by molar-refractivity contribution is 6.31. The fourth-order valence-corrected chi connectivity index (χ4v) is 4.71. The number of carbonyl (C=O) groups is 2. The van der Waals surface area contributed by atoms with Crippen molar-refractivity contribution in [1.82, 2.24) is 25.2 Å². The normalized spacial score (nSPS) is 24.3. The van der Waals surface area contributed by atoms with Gasteiger partial charge in [-0.05, 0) is 63.7 Å². The Labute approximate surface area is 155 Å². The molecule has 1 aromatic rings. The van der Waals surface area contributed by atoms with Crippen molar-refractivity contribution < 1.29 is 9.59 Å². The Morgan fingerprint density at radius 1 is 0.960 bits per heavy atom. The van der Waals surface area contributed by atoms with Crippen LogP contribution >= 0.6 is 23.2 Å². The van der Waals surface area contributed by atoms with Gasteiger partial charge in [-0.1, -0.05) is 0 Å². The van der Waals surface area contributed by atoms with Crippen molar-refractivity contribution in [3.8, 4) is 0 Å². The molecule has 2 fully saturated rings. The summed E-state index contributed by atoms with van der Waals surface area (Å²) in [6, 6.07) is -0.503. The largest absolute Gasteiger partial charge is 0.334 e. The monoisotopic (exact) mass is 386 g/mol. The van der Waals surface area contributed by atoms with E-state index >= 15 is 0 Å². The number of amides is 3. The summed E-state index contributed by atoms with van der Waals surface area (Å²) in [6.45, 7) is 7.99. The van der Waals surface area contributed by atoms with Crippen molar-refractivity contribution in [1.29, 1.82) is 0 Å². The van der Waals surface area contributed by atoms with Crippen molar-refractivity contribution >= 4 is 41.1 Å².